The van der Waals surface area contributed by atoms with Crippen LogP contribution in [0.4, 0.5) is 10.1 Å². The van der Waals surface area contributed by atoms with Gasteiger partial charge in [0.2, 0.25) is 5.91 Å². The van der Waals surface area contributed by atoms with Gasteiger partial charge in [0.25, 0.3) is 0 Å². The quantitative estimate of drug-likeness (QED) is 0.803. The molecule has 0 atom stereocenters. The number of fused-ring (bicyclic) bond motifs is 1. The number of nitrogens with zero attached hydrogens (tertiary/aromatic N) is 1. The van der Waals surface area contributed by atoms with E-state index < -0.39 is 5.82 Å². The van der Waals surface area contributed by atoms with Crippen LogP contribution in [-0.4, -0.2) is 10.5 Å². The third kappa shape index (κ3) is 3.20. The van der Waals surface area contributed by atoms with Gasteiger partial charge in [-0.25, -0.2) is 4.39 Å². The van der Waals surface area contributed by atoms with Crippen molar-refractivity contribution in [1.82, 2.24) is 4.57 Å². The number of hydrogen-bond donors (Lipinski definition) is 1. The second-order valence-corrected chi connectivity index (χ2v) is 5.84. The molecule has 0 bridgehead atoms. The van der Waals surface area contributed by atoms with E-state index in [9.17, 15) is 14.0 Å². The molecule has 3 aromatic rings. The van der Waals surface area contributed by atoms with E-state index in [-0.39, 0.29) is 17.9 Å². The third-order valence-electron chi connectivity index (χ3n) is 3.84. The smallest absolute Gasteiger partial charge is 0.244 e. The number of anilines is 1. The van der Waals surface area contributed by atoms with Crippen molar-refractivity contribution in [2.45, 2.75) is 20.4 Å². The van der Waals surface area contributed by atoms with Gasteiger partial charge in [0.05, 0.1) is 5.52 Å². The summed E-state index contributed by atoms with van der Waals surface area (Å²) in [6.45, 7) is 3.87. The molecule has 5 heteroatoms. The maximum Gasteiger partial charge on any atom is 0.244 e. The molecule has 0 spiro atoms. The first-order valence-corrected chi connectivity index (χ1v) is 7.60. The molecule has 0 unspecified atom stereocenters. The Bertz CT molecular complexity index is 992. The molecule has 1 heterocycles. The number of nitrogens with one attached hydrogen (secondary N) is 1. The molecule has 1 aromatic heterocycles. The number of benzene rings is 2. The van der Waals surface area contributed by atoms with E-state index in [1.54, 1.807) is 16.8 Å². The molecule has 0 radical (unpaired) electrons. The molecule has 2 aromatic carbocycles. The maximum absolute atomic E-state index is 13.2. The maximum atomic E-state index is 13.2. The summed E-state index contributed by atoms with van der Waals surface area (Å²) in [4.78, 5) is 24.4. The Morgan fingerprint density at radius 3 is 2.71 bits per heavy atom. The molecule has 0 saturated carbocycles. The van der Waals surface area contributed by atoms with E-state index in [4.69, 9.17) is 0 Å². The van der Waals surface area contributed by atoms with Crippen molar-refractivity contribution >= 4 is 22.5 Å². The molecule has 24 heavy (non-hydrogen) atoms. The van der Waals surface area contributed by atoms with Gasteiger partial charge in [0, 0.05) is 23.3 Å². The number of carbonyl (C=O) groups is 1. The van der Waals surface area contributed by atoms with Gasteiger partial charge >= 0.3 is 0 Å². The Kier molecular flexibility index (Phi) is 4.16. The van der Waals surface area contributed by atoms with E-state index in [0.29, 0.717) is 11.1 Å². The van der Waals surface area contributed by atoms with Crippen LogP contribution in [0.1, 0.15) is 11.1 Å². The molecule has 0 aliphatic rings. The molecular formula is C19H17FN2O2. The molecule has 0 aliphatic heterocycles. The van der Waals surface area contributed by atoms with Crippen molar-refractivity contribution in [3.8, 4) is 0 Å². The van der Waals surface area contributed by atoms with Gasteiger partial charge in [0.15, 0.2) is 5.43 Å². The van der Waals surface area contributed by atoms with Crippen molar-refractivity contribution < 1.29 is 9.18 Å². The van der Waals surface area contributed by atoms with E-state index >= 15 is 0 Å². The van der Waals surface area contributed by atoms with Gasteiger partial charge in [0.1, 0.15) is 12.4 Å². The highest BCUT2D eigenvalue weighted by Gasteiger charge is 2.10. The van der Waals surface area contributed by atoms with Crippen LogP contribution in [0.25, 0.3) is 10.9 Å². The molecule has 0 saturated heterocycles. The number of pyridine rings is 1. The Hall–Kier alpha value is -2.95. The fourth-order valence-electron chi connectivity index (χ4n) is 2.87. The fourth-order valence-corrected chi connectivity index (χ4v) is 2.87. The van der Waals surface area contributed by atoms with Crippen molar-refractivity contribution in [2.75, 3.05) is 5.32 Å². The zero-order valence-electron chi connectivity index (χ0n) is 13.5. The molecule has 0 aliphatic carbocycles. The lowest BCUT2D eigenvalue weighted by Gasteiger charge is -2.13. The van der Waals surface area contributed by atoms with E-state index in [1.807, 2.05) is 26.0 Å². The first-order valence-electron chi connectivity index (χ1n) is 7.60. The van der Waals surface area contributed by atoms with Gasteiger partial charge in [-0.1, -0.05) is 12.1 Å². The summed E-state index contributed by atoms with van der Waals surface area (Å²) in [7, 11) is 0. The standard InChI is InChI=1S/C19H17FN2O2/c1-12-8-13(2)19-16(9-12)22(7-6-17(19)23)11-18(24)21-15-5-3-4-14(20)10-15/h3-10H,11H2,1-2H3,(H,21,24). The Labute approximate surface area is 138 Å². The van der Waals surface area contributed by atoms with Crippen molar-refractivity contribution in [3.63, 3.8) is 0 Å². The predicted molar refractivity (Wildman–Crippen MR) is 92.7 cm³/mol. The largest absolute Gasteiger partial charge is 0.338 e. The van der Waals surface area contributed by atoms with Crippen LogP contribution in [0, 0.1) is 19.7 Å². The summed E-state index contributed by atoms with van der Waals surface area (Å²) in [5, 5.41) is 3.27. The van der Waals surface area contributed by atoms with Gasteiger partial charge in [-0.15, -0.1) is 0 Å². The van der Waals surface area contributed by atoms with Gasteiger partial charge in [-0.2, -0.15) is 0 Å². The summed E-state index contributed by atoms with van der Waals surface area (Å²) in [5.74, 6) is -0.697. The van der Waals surface area contributed by atoms with Crippen molar-refractivity contribution in [3.05, 3.63) is 75.8 Å². The predicted octanol–water partition coefficient (Wildman–Crippen LogP) is 3.40. The molecule has 3 rings (SSSR count). The van der Waals surface area contributed by atoms with Crippen LogP contribution in [0.3, 0.4) is 0 Å². The van der Waals surface area contributed by atoms with Crippen molar-refractivity contribution in [2.24, 2.45) is 0 Å². The summed E-state index contributed by atoms with van der Waals surface area (Å²) >= 11 is 0. The zero-order valence-corrected chi connectivity index (χ0v) is 13.5. The number of halogens is 1. The lowest BCUT2D eigenvalue weighted by molar-refractivity contribution is -0.116. The highest BCUT2D eigenvalue weighted by atomic mass is 19.1. The lowest BCUT2D eigenvalue weighted by atomic mass is 10.1. The number of aryl methyl sites for hydroxylation is 2. The van der Waals surface area contributed by atoms with Crippen LogP contribution in [-0.2, 0) is 11.3 Å². The first kappa shape index (κ1) is 15.9. The van der Waals surface area contributed by atoms with Crippen LogP contribution < -0.4 is 10.7 Å². The minimum absolute atomic E-state index is 0.0379. The van der Waals surface area contributed by atoms with Crippen LogP contribution in [0.15, 0.2) is 53.5 Å². The topological polar surface area (TPSA) is 51.1 Å². The molecule has 122 valence electrons. The van der Waals surface area contributed by atoms with Gasteiger partial charge in [-0.05, 0) is 49.2 Å². The average molecular weight is 324 g/mol. The molecule has 4 nitrogen and oxygen atoms in total. The first-order chi connectivity index (χ1) is 11.4. The zero-order chi connectivity index (χ0) is 17.3. The van der Waals surface area contributed by atoms with Crippen molar-refractivity contribution in [1.29, 1.82) is 0 Å². The molecular weight excluding hydrogens is 307 g/mol. The number of amides is 1. The lowest BCUT2D eigenvalue weighted by Crippen LogP contribution is -2.20. The Morgan fingerprint density at radius 2 is 1.96 bits per heavy atom. The van der Waals surface area contributed by atoms with Crippen LogP contribution in [0.2, 0.25) is 0 Å². The SMILES string of the molecule is Cc1cc(C)c2c(=O)ccn(CC(=O)Nc3cccc(F)c3)c2c1. The monoisotopic (exact) mass is 324 g/mol. The second-order valence-electron chi connectivity index (χ2n) is 5.84. The van der Waals surface area contributed by atoms with Crippen LogP contribution in [0.5, 0.6) is 0 Å². The van der Waals surface area contributed by atoms with Gasteiger partial charge < -0.3 is 9.88 Å². The minimum atomic E-state index is -0.409. The van der Waals surface area contributed by atoms with E-state index in [1.165, 1.54) is 24.3 Å². The van der Waals surface area contributed by atoms with E-state index in [0.717, 1.165) is 16.6 Å². The van der Waals surface area contributed by atoms with E-state index in [2.05, 4.69) is 5.32 Å². The average Bonchev–Trinajstić information content (AvgIpc) is 2.49. The Balaban J connectivity index is 1.94. The highest BCUT2D eigenvalue weighted by Crippen LogP contribution is 2.17. The molecule has 1 amide bonds. The number of carbonyl (C=O) groups excluding carboxylic acids is 1. The van der Waals surface area contributed by atoms with Crippen LogP contribution >= 0.6 is 0 Å². The number of rotatable bonds is 3. The highest BCUT2D eigenvalue weighted by molar-refractivity contribution is 5.92. The summed E-state index contributed by atoms with van der Waals surface area (Å²) < 4.78 is 14.9. The minimum Gasteiger partial charge on any atom is -0.338 e. The van der Waals surface area contributed by atoms with Gasteiger partial charge in [-0.3, -0.25) is 9.59 Å². The summed E-state index contributed by atoms with van der Waals surface area (Å²) in [6.07, 6.45) is 1.61. The summed E-state index contributed by atoms with van der Waals surface area (Å²) in [5.41, 5.74) is 2.95. The number of hydrogen-bond acceptors (Lipinski definition) is 2. The fraction of sp³-hybridized carbons (Fsp3) is 0.158. The second kappa shape index (κ2) is 6.28. The normalized spacial score (nSPS) is 10.8. The third-order valence-corrected chi connectivity index (χ3v) is 3.84. The molecule has 1 N–H and O–H groups in total. The Morgan fingerprint density at radius 1 is 1.17 bits per heavy atom. The molecule has 0 fully saturated rings. The summed E-state index contributed by atoms with van der Waals surface area (Å²) in [6, 6.07) is 11.0. The number of aromatic nitrogens is 1.